The number of benzene rings is 2. The lowest BCUT2D eigenvalue weighted by molar-refractivity contribution is 0.284. The van der Waals surface area contributed by atoms with Crippen molar-refractivity contribution in [2.45, 2.75) is 37.8 Å². The van der Waals surface area contributed by atoms with Gasteiger partial charge in [-0.1, -0.05) is 36.4 Å². The molecule has 0 spiro atoms. The number of hydrogen-bond acceptors (Lipinski definition) is 14. The Morgan fingerprint density at radius 3 is 1.16 bits per heavy atom. The van der Waals surface area contributed by atoms with E-state index in [1.165, 1.54) is 12.5 Å². The highest BCUT2D eigenvalue weighted by Gasteiger charge is 2.32. The molecular weight excluding hydrogens is 929 g/mol. The minimum absolute atomic E-state index is 0.209. The lowest BCUT2D eigenvalue weighted by atomic mass is 9.80. The maximum Gasteiger partial charge on any atom is 0.208 e. The molecular formula is C48H56N16O4S2. The van der Waals surface area contributed by atoms with Gasteiger partial charge < -0.3 is 10.6 Å². The Morgan fingerprint density at radius 2 is 0.829 bits per heavy atom. The van der Waals surface area contributed by atoms with E-state index < -0.39 is 20.0 Å². The van der Waals surface area contributed by atoms with Gasteiger partial charge in [0.1, 0.15) is 11.6 Å². The van der Waals surface area contributed by atoms with Crippen molar-refractivity contribution in [3.05, 3.63) is 110 Å². The fraction of sp³-hybridized carbons (Fsp3) is 0.333. The molecule has 6 heterocycles. The quantitative estimate of drug-likeness (QED) is 0.0953. The lowest BCUT2D eigenvalue weighted by Crippen LogP contribution is -2.42. The molecule has 4 N–H and O–H groups in total. The first-order chi connectivity index (χ1) is 33.5. The number of nitrogens with zero attached hydrogens (tertiary/aromatic N) is 12. The number of nitrogens with one attached hydrogen (secondary N) is 4. The van der Waals surface area contributed by atoms with E-state index in [0.29, 0.717) is 36.6 Å². The second-order valence-electron chi connectivity index (χ2n) is 18.3. The van der Waals surface area contributed by atoms with E-state index in [1.54, 1.807) is 31.1 Å². The van der Waals surface area contributed by atoms with Crippen LogP contribution in [0.1, 0.15) is 25.7 Å². The van der Waals surface area contributed by atoms with Crippen LogP contribution in [0.3, 0.4) is 0 Å². The number of hydrogen-bond donors (Lipinski definition) is 4. The molecule has 0 amide bonds. The third-order valence-electron chi connectivity index (χ3n) is 12.3. The monoisotopic (exact) mass is 984 g/mol. The van der Waals surface area contributed by atoms with Crippen LogP contribution in [0.2, 0.25) is 0 Å². The van der Waals surface area contributed by atoms with E-state index in [-0.39, 0.29) is 12.1 Å². The first-order valence-corrected chi connectivity index (χ1v) is 26.6. The zero-order chi connectivity index (χ0) is 49.2. The van der Waals surface area contributed by atoms with Crippen molar-refractivity contribution in [2.24, 2.45) is 40.0 Å². The molecule has 2 saturated carbocycles. The normalized spacial score (nSPS) is 17.8. The first kappa shape index (κ1) is 47.9. The van der Waals surface area contributed by atoms with Gasteiger partial charge in [0.15, 0.2) is 11.6 Å². The molecule has 20 nitrogen and oxygen atoms in total. The van der Waals surface area contributed by atoms with Crippen molar-refractivity contribution < 1.29 is 16.8 Å². The second kappa shape index (κ2) is 20.1. The predicted octanol–water partition coefficient (Wildman–Crippen LogP) is 5.37. The Balaban J connectivity index is 0.000000174. The van der Waals surface area contributed by atoms with Crippen LogP contribution in [0.4, 0.5) is 11.6 Å². The molecule has 10 rings (SSSR count). The van der Waals surface area contributed by atoms with Crippen LogP contribution >= 0.6 is 0 Å². The summed E-state index contributed by atoms with van der Waals surface area (Å²) in [5.74, 6) is 3.35. The van der Waals surface area contributed by atoms with E-state index >= 15 is 0 Å². The Kier molecular flexibility index (Phi) is 13.7. The van der Waals surface area contributed by atoms with Crippen LogP contribution in [0.15, 0.2) is 110 Å². The largest absolute Gasteiger partial charge is 0.367 e. The summed E-state index contributed by atoms with van der Waals surface area (Å²) in [6, 6.07) is 16.6. The molecule has 2 aliphatic carbocycles. The Bertz CT molecular complexity index is 3130. The van der Waals surface area contributed by atoms with Gasteiger partial charge in [-0.05, 0) is 60.8 Å². The molecule has 2 fully saturated rings. The summed E-state index contributed by atoms with van der Waals surface area (Å²) in [7, 11) is 1.19. The topological polar surface area (TPSA) is 239 Å². The summed E-state index contributed by atoms with van der Waals surface area (Å²) in [5.41, 5.74) is 9.60. The number of sulfonamides is 2. The predicted molar refractivity (Wildman–Crippen MR) is 270 cm³/mol. The molecule has 6 aromatic heterocycles. The molecule has 2 aromatic carbocycles. The maximum atomic E-state index is 11.4. The molecule has 22 heteroatoms. The zero-order valence-corrected chi connectivity index (χ0v) is 41.4. The maximum absolute atomic E-state index is 11.4. The summed E-state index contributed by atoms with van der Waals surface area (Å²) >= 11 is 0. The van der Waals surface area contributed by atoms with Crippen LogP contribution < -0.4 is 20.1 Å². The Labute approximate surface area is 407 Å². The lowest BCUT2D eigenvalue weighted by Gasteiger charge is -2.36. The summed E-state index contributed by atoms with van der Waals surface area (Å²) in [4.78, 5) is 19.2. The third-order valence-corrected chi connectivity index (χ3v) is 13.7. The van der Waals surface area contributed by atoms with E-state index in [4.69, 9.17) is 9.97 Å². The summed E-state index contributed by atoms with van der Waals surface area (Å²) in [5, 5.41) is 24.3. The van der Waals surface area contributed by atoms with Crippen molar-refractivity contribution in [3.63, 3.8) is 0 Å². The SMILES string of the molecule is Cn1cc(-c2cccc(-c3ncc(-c4cnn(C)c4)c(NC4CC(CNS(C)(=O)=O)C4)n3)c2)cn1.Cn1cc(-c2cccc(-c3ncc(-c4cnn(C)c4)c(NC4CC(CNS(C)(=O)=O)C4)n3)c2)cn1. The standard InChI is InChI=1S/2C24H28N8O2S/c2*1-31-14-19(11-26-31)17-5-4-6-18(9-17)23-25-13-22(20-12-27-32(2)15-20)24(30-23)29-21-7-16(8-21)10-28-35(3,33)34/h2*4-6,9,11-16,21,28H,7-8,10H2,1-3H3,(H,25,29,30). The second-order valence-corrected chi connectivity index (χ2v) is 21.9. The van der Waals surface area contributed by atoms with Crippen molar-refractivity contribution in [1.29, 1.82) is 0 Å². The van der Waals surface area contributed by atoms with E-state index in [1.807, 2.05) is 114 Å². The van der Waals surface area contributed by atoms with Crippen LogP contribution in [-0.2, 0) is 48.2 Å². The van der Waals surface area contributed by atoms with Crippen LogP contribution in [0, 0.1) is 11.8 Å². The van der Waals surface area contributed by atoms with Gasteiger partial charge in [-0.15, -0.1) is 0 Å². The fourth-order valence-corrected chi connectivity index (χ4v) is 9.66. The van der Waals surface area contributed by atoms with Crippen molar-refractivity contribution in [1.82, 2.24) is 68.5 Å². The van der Waals surface area contributed by atoms with Crippen LogP contribution in [0.25, 0.3) is 67.3 Å². The molecule has 0 atom stereocenters. The third kappa shape index (κ3) is 12.0. The highest BCUT2D eigenvalue weighted by molar-refractivity contribution is 7.89. The zero-order valence-electron chi connectivity index (χ0n) is 39.8. The molecule has 0 unspecified atom stereocenters. The molecule has 364 valence electrons. The van der Waals surface area contributed by atoms with Crippen LogP contribution in [0.5, 0.6) is 0 Å². The average molecular weight is 985 g/mol. The van der Waals surface area contributed by atoms with Crippen molar-refractivity contribution in [3.8, 4) is 67.3 Å². The van der Waals surface area contributed by atoms with E-state index in [2.05, 4.69) is 62.6 Å². The van der Waals surface area contributed by atoms with Gasteiger partial charge in [0, 0.05) is 135 Å². The van der Waals surface area contributed by atoms with Gasteiger partial charge in [-0.2, -0.15) is 20.4 Å². The first-order valence-electron chi connectivity index (χ1n) is 22.8. The molecule has 70 heavy (non-hydrogen) atoms. The molecule has 2 aliphatic rings. The van der Waals surface area contributed by atoms with Gasteiger partial charge in [-0.25, -0.2) is 46.2 Å². The van der Waals surface area contributed by atoms with E-state index in [0.717, 1.165) is 93.0 Å². The fourth-order valence-electron chi connectivity index (χ4n) is 8.59. The van der Waals surface area contributed by atoms with Crippen molar-refractivity contribution in [2.75, 3.05) is 36.2 Å². The number of anilines is 2. The summed E-state index contributed by atoms with van der Waals surface area (Å²) < 4.78 is 57.8. The Hall–Kier alpha value is -7.14. The molecule has 0 saturated heterocycles. The van der Waals surface area contributed by atoms with E-state index in [9.17, 15) is 16.8 Å². The summed E-state index contributed by atoms with van der Waals surface area (Å²) in [6.07, 6.45) is 24.6. The average Bonchev–Trinajstić information content (AvgIpc) is 4.14. The van der Waals surface area contributed by atoms with Gasteiger partial charge >= 0.3 is 0 Å². The smallest absolute Gasteiger partial charge is 0.208 e. The number of rotatable bonds is 16. The minimum Gasteiger partial charge on any atom is -0.367 e. The molecule has 0 radical (unpaired) electrons. The highest BCUT2D eigenvalue weighted by atomic mass is 32.2. The number of aryl methyl sites for hydroxylation is 4. The van der Waals surface area contributed by atoms with Gasteiger partial charge in [0.2, 0.25) is 20.0 Å². The Morgan fingerprint density at radius 1 is 0.486 bits per heavy atom. The molecule has 8 aromatic rings. The number of aromatic nitrogens is 12. The molecule has 0 bridgehead atoms. The van der Waals surface area contributed by atoms with Crippen LogP contribution in [-0.4, -0.2) is 114 Å². The highest BCUT2D eigenvalue weighted by Crippen LogP contribution is 2.36. The van der Waals surface area contributed by atoms with Crippen molar-refractivity contribution >= 4 is 31.7 Å². The minimum atomic E-state index is -3.18. The van der Waals surface area contributed by atoms with Gasteiger partial charge in [-0.3, -0.25) is 18.7 Å². The van der Waals surface area contributed by atoms with Gasteiger partial charge in [0.25, 0.3) is 0 Å². The summed E-state index contributed by atoms with van der Waals surface area (Å²) in [6.45, 7) is 0.922. The molecule has 0 aliphatic heterocycles. The van der Waals surface area contributed by atoms with Gasteiger partial charge in [0.05, 0.1) is 37.3 Å².